The number of ketones is 1. The summed E-state index contributed by atoms with van der Waals surface area (Å²) in [5, 5.41) is 0. The number of hydrogen-bond acceptors (Lipinski definition) is 3. The Kier molecular flexibility index (Phi) is 5.97. The minimum Gasteiger partial charge on any atom is -0.378 e. The molecule has 0 heterocycles. The third-order valence-corrected chi connectivity index (χ3v) is 9.42. The van der Waals surface area contributed by atoms with E-state index in [-0.39, 0.29) is 5.41 Å². The quantitative estimate of drug-likeness (QED) is 0.575. The summed E-state index contributed by atoms with van der Waals surface area (Å²) >= 11 is 0. The Labute approximate surface area is 172 Å². The van der Waals surface area contributed by atoms with Crippen molar-refractivity contribution in [2.24, 2.45) is 34.5 Å². The van der Waals surface area contributed by atoms with Gasteiger partial charge in [0.05, 0.1) is 12.2 Å². The van der Waals surface area contributed by atoms with Crippen molar-refractivity contribution in [3.8, 4) is 0 Å². The average molecular weight is 391 g/mol. The van der Waals surface area contributed by atoms with Gasteiger partial charge in [0.25, 0.3) is 0 Å². The van der Waals surface area contributed by atoms with Gasteiger partial charge >= 0.3 is 0 Å². The highest BCUT2D eigenvalue weighted by Gasteiger charge is 2.63. The predicted octanol–water partition coefficient (Wildman–Crippen LogP) is 5.80. The van der Waals surface area contributed by atoms with Crippen LogP contribution >= 0.6 is 0 Å². The third-order valence-electron chi connectivity index (χ3n) is 9.42. The first-order valence-electron chi connectivity index (χ1n) is 12.2. The lowest BCUT2D eigenvalue weighted by Crippen LogP contribution is -2.57. The zero-order valence-corrected chi connectivity index (χ0v) is 18.7. The van der Waals surface area contributed by atoms with Crippen LogP contribution in [0.2, 0.25) is 0 Å². The molecule has 4 aliphatic rings. The Bertz CT molecular complexity index is 574. The van der Waals surface area contributed by atoms with Crippen LogP contribution in [0.25, 0.3) is 0 Å². The fourth-order valence-corrected chi connectivity index (χ4v) is 7.81. The first-order chi connectivity index (χ1) is 13.4. The molecule has 3 nitrogen and oxygen atoms in total. The van der Waals surface area contributed by atoms with E-state index in [9.17, 15) is 4.79 Å². The molecule has 0 bridgehead atoms. The molecule has 4 aliphatic carbocycles. The summed E-state index contributed by atoms with van der Waals surface area (Å²) in [6, 6.07) is 0. The van der Waals surface area contributed by atoms with E-state index in [1.54, 1.807) is 0 Å². The zero-order valence-electron chi connectivity index (χ0n) is 18.7. The highest BCUT2D eigenvalue weighted by molar-refractivity contribution is 5.83. The van der Waals surface area contributed by atoms with Crippen molar-refractivity contribution in [3.63, 3.8) is 0 Å². The van der Waals surface area contributed by atoms with E-state index in [0.717, 1.165) is 45.3 Å². The Balaban J connectivity index is 1.52. The van der Waals surface area contributed by atoms with Crippen LogP contribution in [0.15, 0.2) is 0 Å². The predicted molar refractivity (Wildman–Crippen MR) is 112 cm³/mol. The normalized spacial score (nSPS) is 48.1. The van der Waals surface area contributed by atoms with Crippen LogP contribution in [-0.2, 0) is 14.3 Å². The highest BCUT2D eigenvalue weighted by Crippen LogP contribution is 2.65. The van der Waals surface area contributed by atoms with Crippen LogP contribution in [0, 0.1) is 34.5 Å². The maximum absolute atomic E-state index is 13.5. The summed E-state index contributed by atoms with van der Waals surface area (Å²) in [5.41, 5.74) is 0.560. The first-order valence-corrected chi connectivity index (χ1v) is 12.2. The summed E-state index contributed by atoms with van der Waals surface area (Å²) in [6.07, 6.45) is 12.1. The molecule has 0 aliphatic heterocycles. The zero-order chi connectivity index (χ0) is 19.9. The molecular formula is C25H42O3. The van der Waals surface area contributed by atoms with Crippen LogP contribution in [0.5, 0.6) is 0 Å². The molecule has 0 radical (unpaired) electrons. The van der Waals surface area contributed by atoms with E-state index in [4.69, 9.17) is 9.47 Å². The van der Waals surface area contributed by atoms with E-state index in [1.165, 1.54) is 32.1 Å². The molecule has 0 aromatic rings. The van der Waals surface area contributed by atoms with Gasteiger partial charge in [-0.2, -0.15) is 0 Å². The first kappa shape index (κ1) is 20.8. The fraction of sp³-hybridized carbons (Fsp3) is 0.960. The molecule has 0 aromatic heterocycles. The van der Waals surface area contributed by atoms with Gasteiger partial charge in [0, 0.05) is 25.6 Å². The number of carbonyl (C=O) groups is 1. The topological polar surface area (TPSA) is 35.5 Å². The molecule has 3 heteroatoms. The van der Waals surface area contributed by atoms with Gasteiger partial charge in [0.1, 0.15) is 5.78 Å². The molecule has 4 fully saturated rings. The van der Waals surface area contributed by atoms with E-state index in [1.807, 2.05) is 0 Å². The number of ether oxygens (including phenoxy) is 2. The van der Waals surface area contributed by atoms with Gasteiger partial charge in [-0.25, -0.2) is 0 Å². The van der Waals surface area contributed by atoms with Gasteiger partial charge in [0.2, 0.25) is 0 Å². The van der Waals surface area contributed by atoms with E-state index >= 15 is 0 Å². The second kappa shape index (κ2) is 8.02. The molecule has 160 valence electrons. The largest absolute Gasteiger partial charge is 0.378 e. The standard InChI is InChI=1S/C25H42O3/c1-5-13-27-18-9-11-24(3)17(15-18)16-21(26)23-19-7-8-22(28-14-6-2)25(19,4)12-10-20(23)24/h17-20,22-23H,5-16H2,1-4H3/t17-,18+,19-,20-,22+,23-,24+,25+/m1/s1. The minimum absolute atomic E-state index is 0.219. The van der Waals surface area contributed by atoms with Crippen LogP contribution in [0.1, 0.15) is 91.9 Å². The van der Waals surface area contributed by atoms with Crippen molar-refractivity contribution in [2.75, 3.05) is 13.2 Å². The van der Waals surface area contributed by atoms with Gasteiger partial charge in [-0.3, -0.25) is 4.79 Å². The Morgan fingerprint density at radius 3 is 2.32 bits per heavy atom. The average Bonchev–Trinajstić information content (AvgIpc) is 3.01. The smallest absolute Gasteiger partial charge is 0.136 e. The molecule has 28 heavy (non-hydrogen) atoms. The monoisotopic (exact) mass is 390 g/mol. The molecule has 4 saturated carbocycles. The summed E-state index contributed by atoms with van der Waals surface area (Å²) in [4.78, 5) is 13.5. The number of rotatable bonds is 6. The number of Topliss-reactive ketones (excluding diaryl/α,β-unsaturated/α-hetero) is 1. The van der Waals surface area contributed by atoms with Crippen molar-refractivity contribution >= 4 is 5.78 Å². The van der Waals surface area contributed by atoms with Gasteiger partial charge in [-0.15, -0.1) is 0 Å². The molecule has 0 unspecified atom stereocenters. The second-order valence-electron chi connectivity index (χ2n) is 10.9. The molecule has 0 N–H and O–H groups in total. The van der Waals surface area contributed by atoms with Crippen molar-refractivity contribution in [1.29, 1.82) is 0 Å². The van der Waals surface area contributed by atoms with E-state index in [0.29, 0.717) is 47.1 Å². The van der Waals surface area contributed by atoms with Gasteiger partial charge in [-0.1, -0.05) is 27.7 Å². The lowest BCUT2D eigenvalue weighted by molar-refractivity contribution is -0.166. The van der Waals surface area contributed by atoms with Crippen molar-refractivity contribution in [1.82, 2.24) is 0 Å². The number of hydrogen-bond donors (Lipinski definition) is 0. The molecule has 0 aromatic carbocycles. The minimum atomic E-state index is 0.219. The SMILES string of the molecule is CCCO[C@H]1CC[C@@]2(C)[C@@H](CC(=O)[C@H]3[C@H]2CC[C@]2(C)[C@@H](OCCC)CC[C@H]32)C1. The Hall–Kier alpha value is -0.410. The van der Waals surface area contributed by atoms with Gasteiger partial charge < -0.3 is 9.47 Å². The van der Waals surface area contributed by atoms with Crippen LogP contribution in [0.3, 0.4) is 0 Å². The lowest BCUT2D eigenvalue weighted by Gasteiger charge is -2.60. The summed E-state index contributed by atoms with van der Waals surface area (Å²) in [7, 11) is 0. The Morgan fingerprint density at radius 1 is 0.893 bits per heavy atom. The third kappa shape index (κ3) is 3.29. The summed E-state index contributed by atoms with van der Waals surface area (Å²) < 4.78 is 12.4. The van der Waals surface area contributed by atoms with Crippen LogP contribution in [0.4, 0.5) is 0 Å². The molecule has 0 amide bonds. The summed E-state index contributed by atoms with van der Waals surface area (Å²) in [6.45, 7) is 11.1. The Morgan fingerprint density at radius 2 is 1.57 bits per heavy atom. The maximum Gasteiger partial charge on any atom is 0.136 e. The number of carbonyl (C=O) groups excluding carboxylic acids is 1. The second-order valence-corrected chi connectivity index (χ2v) is 10.9. The van der Waals surface area contributed by atoms with Crippen LogP contribution < -0.4 is 0 Å². The maximum atomic E-state index is 13.5. The van der Waals surface area contributed by atoms with Gasteiger partial charge in [0.15, 0.2) is 0 Å². The highest BCUT2D eigenvalue weighted by atomic mass is 16.5. The van der Waals surface area contributed by atoms with E-state index in [2.05, 4.69) is 27.7 Å². The molecular weight excluding hydrogens is 348 g/mol. The van der Waals surface area contributed by atoms with E-state index < -0.39 is 0 Å². The molecule has 8 atom stereocenters. The van der Waals surface area contributed by atoms with Crippen molar-refractivity contribution in [3.05, 3.63) is 0 Å². The molecule has 0 saturated heterocycles. The van der Waals surface area contributed by atoms with Crippen molar-refractivity contribution < 1.29 is 14.3 Å². The molecule has 4 rings (SSSR count). The lowest BCUT2D eigenvalue weighted by atomic mass is 9.45. The summed E-state index contributed by atoms with van der Waals surface area (Å²) in [5.74, 6) is 2.55. The molecule has 0 spiro atoms. The number of fused-ring (bicyclic) bond motifs is 5. The fourth-order valence-electron chi connectivity index (χ4n) is 7.81. The van der Waals surface area contributed by atoms with Crippen molar-refractivity contribution in [2.45, 2.75) is 104 Å². The van der Waals surface area contributed by atoms with Gasteiger partial charge in [-0.05, 0) is 86.4 Å². The van der Waals surface area contributed by atoms with Crippen LogP contribution in [-0.4, -0.2) is 31.2 Å².